The van der Waals surface area contributed by atoms with E-state index in [0.29, 0.717) is 24.8 Å². The minimum Gasteiger partial charge on any atom is -0.456 e. The van der Waals surface area contributed by atoms with Crippen LogP contribution in [0, 0.1) is 5.92 Å². The van der Waals surface area contributed by atoms with Crippen LogP contribution < -0.4 is 0 Å². The number of fused-ring (bicyclic) bond motifs is 1. The molecule has 5 nitrogen and oxygen atoms in total. The normalized spacial score (nSPS) is 44.4. The molecule has 4 atom stereocenters. The van der Waals surface area contributed by atoms with Crippen molar-refractivity contribution in [2.45, 2.75) is 63.8 Å². The molecule has 0 bridgehead atoms. The molecule has 5 heteroatoms. The summed E-state index contributed by atoms with van der Waals surface area (Å²) in [6.45, 7) is 5.35. The summed E-state index contributed by atoms with van der Waals surface area (Å²) < 4.78 is 11.0. The Morgan fingerprint density at radius 3 is 2.60 bits per heavy atom. The average molecular weight is 280 g/mol. The minimum atomic E-state index is -1.39. The molecule has 1 N–H and O–H groups in total. The van der Waals surface area contributed by atoms with Crippen molar-refractivity contribution in [3.05, 3.63) is 11.1 Å². The van der Waals surface area contributed by atoms with Crippen LogP contribution in [0.5, 0.6) is 0 Å². The Kier molecular flexibility index (Phi) is 2.77. The summed E-state index contributed by atoms with van der Waals surface area (Å²) in [5.74, 6) is -0.640. The maximum absolute atomic E-state index is 11.8. The first-order valence-electron chi connectivity index (χ1n) is 7.14. The Hall–Kier alpha value is -1.36. The maximum Gasteiger partial charge on any atom is 0.334 e. The van der Waals surface area contributed by atoms with Crippen molar-refractivity contribution in [1.29, 1.82) is 0 Å². The van der Waals surface area contributed by atoms with E-state index in [1.807, 2.05) is 6.92 Å². The summed E-state index contributed by atoms with van der Waals surface area (Å²) in [7, 11) is 0. The topological polar surface area (TPSA) is 72.8 Å². The molecule has 110 valence electrons. The highest BCUT2D eigenvalue weighted by Gasteiger charge is 2.64. The van der Waals surface area contributed by atoms with Gasteiger partial charge in [-0.25, -0.2) is 4.79 Å². The molecule has 3 rings (SSSR count). The van der Waals surface area contributed by atoms with Crippen molar-refractivity contribution in [2.24, 2.45) is 5.92 Å². The fourth-order valence-electron chi connectivity index (χ4n) is 3.99. The Bertz CT molecular complexity index is 518. The van der Waals surface area contributed by atoms with Crippen molar-refractivity contribution in [3.63, 3.8) is 0 Å². The number of hydrogen-bond acceptors (Lipinski definition) is 5. The van der Waals surface area contributed by atoms with Crippen LogP contribution in [0.3, 0.4) is 0 Å². The molecule has 3 aliphatic rings. The molecule has 0 aromatic carbocycles. The van der Waals surface area contributed by atoms with Crippen molar-refractivity contribution in [3.8, 4) is 0 Å². The van der Waals surface area contributed by atoms with Crippen LogP contribution in [0.15, 0.2) is 11.1 Å². The first-order chi connectivity index (χ1) is 9.29. The highest BCUT2D eigenvalue weighted by molar-refractivity contribution is 5.92. The quantitative estimate of drug-likeness (QED) is 0.680. The fraction of sp³-hybridized carbons (Fsp3) is 0.733. The number of ether oxygens (including phenoxy) is 2. The summed E-state index contributed by atoms with van der Waals surface area (Å²) in [4.78, 5) is 23.4. The summed E-state index contributed by atoms with van der Waals surface area (Å²) in [5, 5.41) is 11.1. The van der Waals surface area contributed by atoms with E-state index in [-0.39, 0.29) is 17.9 Å². The Morgan fingerprint density at radius 2 is 2.00 bits per heavy atom. The number of aliphatic hydroxyl groups is 1. The first kappa shape index (κ1) is 13.6. The second-order valence-electron chi connectivity index (χ2n) is 6.39. The number of hydrogen-bond donors (Lipinski definition) is 1. The van der Waals surface area contributed by atoms with Gasteiger partial charge in [0.2, 0.25) is 0 Å². The molecular formula is C15H20O5. The van der Waals surface area contributed by atoms with Crippen molar-refractivity contribution in [1.82, 2.24) is 0 Å². The number of carbonyl (C=O) groups is 2. The largest absolute Gasteiger partial charge is 0.456 e. The molecule has 0 aromatic rings. The average Bonchev–Trinajstić information content (AvgIpc) is 2.89. The highest BCUT2D eigenvalue weighted by Crippen LogP contribution is 2.52. The molecule has 0 radical (unpaired) electrons. The monoisotopic (exact) mass is 280 g/mol. The van der Waals surface area contributed by atoms with E-state index in [1.54, 1.807) is 13.8 Å². The van der Waals surface area contributed by atoms with Gasteiger partial charge in [0, 0.05) is 18.4 Å². The van der Waals surface area contributed by atoms with Crippen LogP contribution in [0.2, 0.25) is 0 Å². The SMILES string of the molecule is CC1=C2CC[C@@H](C)[C@]3(CCC(=O)O3)[C@](C)(O)[C@H]2OC1=O. The molecule has 0 aromatic heterocycles. The van der Waals surface area contributed by atoms with Gasteiger partial charge in [-0.15, -0.1) is 0 Å². The fourth-order valence-corrected chi connectivity index (χ4v) is 3.99. The summed E-state index contributed by atoms with van der Waals surface area (Å²) >= 11 is 0. The Morgan fingerprint density at radius 1 is 1.30 bits per heavy atom. The van der Waals surface area contributed by atoms with E-state index in [4.69, 9.17) is 9.47 Å². The third-order valence-corrected chi connectivity index (χ3v) is 5.34. The lowest BCUT2D eigenvalue weighted by Crippen LogP contribution is -2.61. The van der Waals surface area contributed by atoms with E-state index in [0.717, 1.165) is 12.0 Å². The van der Waals surface area contributed by atoms with Gasteiger partial charge >= 0.3 is 11.9 Å². The predicted molar refractivity (Wildman–Crippen MR) is 69.7 cm³/mol. The highest BCUT2D eigenvalue weighted by atomic mass is 16.6. The molecule has 2 heterocycles. The van der Waals surface area contributed by atoms with Gasteiger partial charge in [0.1, 0.15) is 11.2 Å². The third-order valence-electron chi connectivity index (χ3n) is 5.34. The van der Waals surface area contributed by atoms with Crippen molar-refractivity contribution >= 4 is 11.9 Å². The molecule has 20 heavy (non-hydrogen) atoms. The van der Waals surface area contributed by atoms with Crippen LogP contribution in [-0.2, 0) is 19.1 Å². The zero-order chi connectivity index (χ0) is 14.7. The second kappa shape index (κ2) is 4.07. The molecule has 1 aliphatic carbocycles. The lowest BCUT2D eigenvalue weighted by Gasteiger charge is -2.45. The van der Waals surface area contributed by atoms with Gasteiger partial charge in [-0.1, -0.05) is 6.92 Å². The van der Waals surface area contributed by atoms with Crippen molar-refractivity contribution in [2.75, 3.05) is 0 Å². The number of rotatable bonds is 0. The first-order valence-corrected chi connectivity index (χ1v) is 7.14. The standard InChI is InChI=1S/C15H20O5/c1-8-4-5-10-9(2)13(17)19-12(10)14(3,18)15(8)7-6-11(16)20-15/h8,12,18H,4-7H2,1-3H3/t8-,12+,14-,15-/m1/s1. The van der Waals surface area contributed by atoms with Gasteiger partial charge < -0.3 is 14.6 Å². The summed E-state index contributed by atoms with van der Waals surface area (Å²) in [5.41, 5.74) is -0.908. The maximum atomic E-state index is 11.8. The zero-order valence-electron chi connectivity index (χ0n) is 12.1. The molecular weight excluding hydrogens is 260 g/mol. The van der Waals surface area contributed by atoms with E-state index in [9.17, 15) is 14.7 Å². The van der Waals surface area contributed by atoms with E-state index >= 15 is 0 Å². The lowest BCUT2D eigenvalue weighted by molar-refractivity contribution is -0.213. The summed E-state index contributed by atoms with van der Waals surface area (Å²) in [6.07, 6.45) is 1.53. The smallest absolute Gasteiger partial charge is 0.334 e. The van der Waals surface area contributed by atoms with Gasteiger partial charge in [0.05, 0.1) is 0 Å². The lowest BCUT2D eigenvalue weighted by atomic mass is 9.71. The minimum absolute atomic E-state index is 0.0218. The molecule has 0 unspecified atom stereocenters. The van der Waals surface area contributed by atoms with Crippen LogP contribution in [0.25, 0.3) is 0 Å². The molecule has 1 saturated heterocycles. The van der Waals surface area contributed by atoms with Gasteiger partial charge in [0.25, 0.3) is 0 Å². The van der Waals surface area contributed by atoms with Gasteiger partial charge in [-0.2, -0.15) is 0 Å². The van der Waals surface area contributed by atoms with Gasteiger partial charge in [0.15, 0.2) is 6.10 Å². The van der Waals surface area contributed by atoms with Crippen molar-refractivity contribution < 1.29 is 24.2 Å². The number of esters is 2. The third kappa shape index (κ3) is 1.53. The molecule has 1 spiro atoms. The summed E-state index contributed by atoms with van der Waals surface area (Å²) in [6, 6.07) is 0. The molecule has 1 saturated carbocycles. The molecule has 0 amide bonds. The Balaban J connectivity index is 2.10. The molecule has 2 aliphatic heterocycles. The predicted octanol–water partition coefficient (Wildman–Crippen LogP) is 1.48. The van der Waals surface area contributed by atoms with E-state index in [2.05, 4.69) is 0 Å². The van der Waals surface area contributed by atoms with E-state index < -0.39 is 17.3 Å². The van der Waals surface area contributed by atoms with Crippen LogP contribution in [-0.4, -0.2) is 34.4 Å². The molecule has 2 fully saturated rings. The van der Waals surface area contributed by atoms with Crippen LogP contribution in [0.1, 0.15) is 46.5 Å². The Labute approximate surface area is 117 Å². The van der Waals surface area contributed by atoms with Gasteiger partial charge in [-0.3, -0.25) is 4.79 Å². The van der Waals surface area contributed by atoms with E-state index in [1.165, 1.54) is 0 Å². The zero-order valence-corrected chi connectivity index (χ0v) is 12.1. The van der Waals surface area contributed by atoms with Gasteiger partial charge in [-0.05, 0) is 38.2 Å². The van der Waals surface area contributed by atoms with Crippen LogP contribution >= 0.6 is 0 Å². The second-order valence-corrected chi connectivity index (χ2v) is 6.39. The number of carbonyl (C=O) groups excluding carboxylic acids is 2. The van der Waals surface area contributed by atoms with Crippen LogP contribution in [0.4, 0.5) is 0 Å².